The molecular formula is C20H25NO3. The molecule has 2 fully saturated rings. The molecule has 4 heteroatoms. The third-order valence-electron chi connectivity index (χ3n) is 6.43. The average Bonchev–Trinajstić information content (AvgIpc) is 3.29. The molecule has 4 nitrogen and oxygen atoms in total. The van der Waals surface area contributed by atoms with E-state index < -0.39 is 12.0 Å². The first kappa shape index (κ1) is 15.7. The molecule has 1 aromatic rings. The summed E-state index contributed by atoms with van der Waals surface area (Å²) in [6.45, 7) is 2.67. The van der Waals surface area contributed by atoms with Gasteiger partial charge in [-0.15, -0.1) is 0 Å². The maximum Gasteiger partial charge on any atom is 0.326 e. The van der Waals surface area contributed by atoms with Crippen LogP contribution in [-0.4, -0.2) is 34.5 Å². The zero-order chi connectivity index (χ0) is 16.9. The highest BCUT2D eigenvalue weighted by atomic mass is 16.4. The summed E-state index contributed by atoms with van der Waals surface area (Å²) in [6, 6.07) is 7.85. The molecule has 1 amide bonds. The Bertz CT molecular complexity index is 685. The molecule has 1 N–H and O–H groups in total. The van der Waals surface area contributed by atoms with E-state index >= 15 is 0 Å². The first-order valence-electron chi connectivity index (χ1n) is 9.14. The highest BCUT2D eigenvalue weighted by Crippen LogP contribution is 2.61. The molecule has 0 bridgehead atoms. The molecule has 128 valence electrons. The van der Waals surface area contributed by atoms with Gasteiger partial charge in [-0.2, -0.15) is 0 Å². The fraction of sp³-hybridized carbons (Fsp3) is 0.600. The normalized spacial score (nSPS) is 34.7. The Labute approximate surface area is 142 Å². The van der Waals surface area contributed by atoms with Crippen molar-refractivity contribution >= 4 is 11.9 Å². The number of carbonyl (C=O) groups excluding carboxylic acids is 1. The van der Waals surface area contributed by atoms with E-state index in [9.17, 15) is 14.7 Å². The van der Waals surface area contributed by atoms with Crippen molar-refractivity contribution in [2.24, 2.45) is 11.8 Å². The zero-order valence-corrected chi connectivity index (χ0v) is 14.2. The van der Waals surface area contributed by atoms with Gasteiger partial charge in [0.05, 0.1) is 0 Å². The van der Waals surface area contributed by atoms with Gasteiger partial charge in [0.25, 0.3) is 0 Å². The number of likely N-dealkylation sites (tertiary alicyclic amines) is 1. The number of carboxylic acid groups (broad SMARTS) is 1. The fourth-order valence-corrected chi connectivity index (χ4v) is 5.00. The maximum atomic E-state index is 13.1. The van der Waals surface area contributed by atoms with Gasteiger partial charge in [-0.3, -0.25) is 4.79 Å². The number of nitrogens with zero attached hydrogens (tertiary/aromatic N) is 1. The van der Waals surface area contributed by atoms with Gasteiger partial charge in [-0.1, -0.05) is 31.2 Å². The number of aryl methyl sites for hydroxylation is 1. The molecule has 4 unspecified atom stereocenters. The van der Waals surface area contributed by atoms with E-state index in [4.69, 9.17) is 0 Å². The summed E-state index contributed by atoms with van der Waals surface area (Å²) in [5.41, 5.74) is 2.70. The van der Waals surface area contributed by atoms with E-state index in [-0.39, 0.29) is 17.2 Å². The topological polar surface area (TPSA) is 57.6 Å². The van der Waals surface area contributed by atoms with Crippen molar-refractivity contribution in [2.45, 2.75) is 56.9 Å². The predicted octanol–water partition coefficient (Wildman–Crippen LogP) is 2.99. The Balaban J connectivity index is 1.58. The number of hydrogen-bond donors (Lipinski definition) is 1. The van der Waals surface area contributed by atoms with Crippen LogP contribution in [0.15, 0.2) is 24.3 Å². The number of amides is 1. The number of rotatable bonds is 2. The van der Waals surface area contributed by atoms with Crippen molar-refractivity contribution in [1.29, 1.82) is 0 Å². The summed E-state index contributed by atoms with van der Waals surface area (Å²) in [7, 11) is 0. The first-order chi connectivity index (χ1) is 11.5. The quantitative estimate of drug-likeness (QED) is 0.908. The van der Waals surface area contributed by atoms with Crippen LogP contribution in [0.2, 0.25) is 0 Å². The second-order valence-electron chi connectivity index (χ2n) is 7.94. The van der Waals surface area contributed by atoms with Crippen molar-refractivity contribution < 1.29 is 14.7 Å². The molecular weight excluding hydrogens is 302 g/mol. The monoisotopic (exact) mass is 327 g/mol. The third kappa shape index (κ3) is 2.35. The molecule has 3 aliphatic rings. The molecule has 1 saturated carbocycles. The van der Waals surface area contributed by atoms with Crippen molar-refractivity contribution in [2.75, 3.05) is 6.54 Å². The molecule has 4 atom stereocenters. The van der Waals surface area contributed by atoms with Crippen LogP contribution >= 0.6 is 0 Å². The van der Waals surface area contributed by atoms with Crippen LogP contribution < -0.4 is 0 Å². The second kappa shape index (κ2) is 5.61. The summed E-state index contributed by atoms with van der Waals surface area (Å²) in [6.07, 6.45) is 5.66. The highest BCUT2D eigenvalue weighted by Gasteiger charge is 2.61. The van der Waals surface area contributed by atoms with E-state index in [0.29, 0.717) is 18.9 Å². The fourth-order valence-electron chi connectivity index (χ4n) is 5.00. The van der Waals surface area contributed by atoms with Gasteiger partial charge < -0.3 is 10.0 Å². The standard InChI is InChI=1S/C20H25NO3/c1-13-8-10-21(17(11-13)19(23)24)18(22)16-12-20(16)9-4-6-14-5-2-3-7-15(14)20/h2-3,5,7,13,16-17H,4,6,8-12H2,1H3,(H,23,24). The molecule has 1 aromatic carbocycles. The summed E-state index contributed by atoms with van der Waals surface area (Å²) in [5.74, 6) is -0.424. The van der Waals surface area contributed by atoms with E-state index in [1.165, 1.54) is 11.1 Å². The lowest BCUT2D eigenvalue weighted by Crippen LogP contribution is -2.51. The Hall–Kier alpha value is -1.84. The third-order valence-corrected chi connectivity index (χ3v) is 6.43. The van der Waals surface area contributed by atoms with Crippen LogP contribution in [0, 0.1) is 11.8 Å². The van der Waals surface area contributed by atoms with Crippen molar-refractivity contribution in [3.63, 3.8) is 0 Å². The van der Waals surface area contributed by atoms with Gasteiger partial charge >= 0.3 is 5.97 Å². The van der Waals surface area contributed by atoms with Crippen molar-refractivity contribution in [1.82, 2.24) is 4.90 Å². The molecule has 0 radical (unpaired) electrons. The molecule has 2 aliphatic carbocycles. The van der Waals surface area contributed by atoms with E-state index in [2.05, 4.69) is 31.2 Å². The Morgan fingerprint density at radius 2 is 2.08 bits per heavy atom. The summed E-state index contributed by atoms with van der Waals surface area (Å²) in [4.78, 5) is 26.4. The smallest absolute Gasteiger partial charge is 0.326 e. The summed E-state index contributed by atoms with van der Waals surface area (Å²) in [5, 5.41) is 9.54. The van der Waals surface area contributed by atoms with Crippen molar-refractivity contribution in [3.05, 3.63) is 35.4 Å². The van der Waals surface area contributed by atoms with Gasteiger partial charge in [-0.25, -0.2) is 4.79 Å². The van der Waals surface area contributed by atoms with Gasteiger partial charge in [0.15, 0.2) is 0 Å². The lowest BCUT2D eigenvalue weighted by molar-refractivity contribution is -0.153. The van der Waals surface area contributed by atoms with Crippen LogP contribution in [0.4, 0.5) is 0 Å². The number of aliphatic carboxylic acids is 1. The lowest BCUT2D eigenvalue weighted by atomic mass is 9.78. The second-order valence-corrected chi connectivity index (χ2v) is 7.94. The summed E-state index contributed by atoms with van der Waals surface area (Å²) >= 11 is 0. The molecule has 1 spiro atoms. The van der Waals surface area contributed by atoms with Gasteiger partial charge in [-0.05, 0) is 55.6 Å². The lowest BCUT2D eigenvalue weighted by Gasteiger charge is -2.37. The van der Waals surface area contributed by atoms with Crippen LogP contribution in [0.3, 0.4) is 0 Å². The van der Waals surface area contributed by atoms with E-state index in [1.54, 1.807) is 4.90 Å². The minimum Gasteiger partial charge on any atom is -0.480 e. The highest BCUT2D eigenvalue weighted by molar-refractivity contribution is 5.89. The zero-order valence-electron chi connectivity index (χ0n) is 14.2. The van der Waals surface area contributed by atoms with Crippen LogP contribution in [-0.2, 0) is 21.4 Å². The Morgan fingerprint density at radius 1 is 1.29 bits per heavy atom. The molecule has 1 saturated heterocycles. The largest absolute Gasteiger partial charge is 0.480 e. The number of fused-ring (bicyclic) bond motifs is 2. The minimum atomic E-state index is -0.853. The molecule has 24 heavy (non-hydrogen) atoms. The summed E-state index contributed by atoms with van der Waals surface area (Å²) < 4.78 is 0. The van der Waals surface area contributed by atoms with Gasteiger partial charge in [0.1, 0.15) is 6.04 Å². The maximum absolute atomic E-state index is 13.1. The minimum absolute atomic E-state index is 0.0158. The molecule has 1 aliphatic heterocycles. The number of carboxylic acids is 1. The van der Waals surface area contributed by atoms with Crippen LogP contribution in [0.5, 0.6) is 0 Å². The number of benzene rings is 1. The van der Waals surface area contributed by atoms with E-state index in [0.717, 1.165) is 32.1 Å². The van der Waals surface area contributed by atoms with Crippen LogP contribution in [0.1, 0.15) is 50.2 Å². The number of carbonyl (C=O) groups is 2. The number of piperidine rings is 1. The van der Waals surface area contributed by atoms with Crippen molar-refractivity contribution in [3.8, 4) is 0 Å². The van der Waals surface area contributed by atoms with Gasteiger partial charge in [0.2, 0.25) is 5.91 Å². The molecule has 1 heterocycles. The molecule has 0 aromatic heterocycles. The van der Waals surface area contributed by atoms with Crippen LogP contribution in [0.25, 0.3) is 0 Å². The van der Waals surface area contributed by atoms with E-state index in [1.807, 2.05) is 0 Å². The average molecular weight is 327 g/mol. The number of hydrogen-bond acceptors (Lipinski definition) is 2. The first-order valence-corrected chi connectivity index (χ1v) is 9.14. The molecule has 4 rings (SSSR count). The Kier molecular flexibility index (Phi) is 3.66. The SMILES string of the molecule is CC1CCN(C(=O)C2CC23CCCc2ccccc23)C(C(=O)O)C1. The predicted molar refractivity (Wildman–Crippen MR) is 90.7 cm³/mol. The van der Waals surface area contributed by atoms with Gasteiger partial charge in [0, 0.05) is 17.9 Å². The Morgan fingerprint density at radius 3 is 2.88 bits per heavy atom.